The molecule has 0 fully saturated rings. The summed E-state index contributed by atoms with van der Waals surface area (Å²) in [5.74, 6) is 3.08. The van der Waals surface area contributed by atoms with Crippen LogP contribution < -0.4 is 0 Å². The molecule has 0 aliphatic carbocycles. The van der Waals surface area contributed by atoms with Gasteiger partial charge < -0.3 is 9.13 Å². The summed E-state index contributed by atoms with van der Waals surface area (Å²) in [7, 11) is 0. The zero-order valence-electron chi connectivity index (χ0n) is 56.6. The Morgan fingerprint density at radius 1 is 0.248 bits per heavy atom. The summed E-state index contributed by atoms with van der Waals surface area (Å²) in [5.41, 5.74) is 18.6. The summed E-state index contributed by atoms with van der Waals surface area (Å²) < 4.78 is 6.82. The third-order valence-corrected chi connectivity index (χ3v) is 21.2. The molecule has 0 bridgehead atoms. The van der Waals surface area contributed by atoms with Gasteiger partial charge >= 0.3 is 0 Å². The van der Waals surface area contributed by atoms with E-state index in [4.69, 9.17) is 15.0 Å². The fraction of sp³-hybridized carbons (Fsp3) is 0.0632. The number of hydrogen-bond acceptors (Lipinski definition) is 3. The first-order valence-electron chi connectivity index (χ1n) is 35.2. The summed E-state index contributed by atoms with van der Waals surface area (Å²) in [4.78, 5) is 14.8. The van der Waals surface area contributed by atoms with E-state index in [-0.39, 0.29) is 0 Å². The van der Waals surface area contributed by atoms with Gasteiger partial charge in [-0.2, -0.15) is 0 Å². The summed E-state index contributed by atoms with van der Waals surface area (Å²) in [6.07, 6.45) is 0. The van der Waals surface area contributed by atoms with Gasteiger partial charge in [-0.15, -0.1) is 0 Å². The minimum atomic E-state index is 0.938. The van der Waals surface area contributed by atoms with Crippen molar-refractivity contribution >= 4 is 130 Å². The van der Waals surface area contributed by atoms with Crippen molar-refractivity contribution < 1.29 is 0 Å². The first-order valence-corrected chi connectivity index (χ1v) is 35.2. The predicted molar refractivity (Wildman–Crippen MR) is 428 cm³/mol. The van der Waals surface area contributed by atoms with Gasteiger partial charge in [-0.05, 0) is 218 Å². The Morgan fingerprint density at radius 3 is 1.22 bits per heavy atom. The van der Waals surface area contributed by atoms with Crippen LogP contribution in [0.25, 0.3) is 192 Å². The Morgan fingerprint density at radius 2 is 0.624 bits per heavy atom. The van der Waals surface area contributed by atoms with E-state index in [1.807, 2.05) is 6.07 Å². The molecule has 3 heterocycles. The Bertz CT molecular complexity index is 6730. The summed E-state index contributed by atoms with van der Waals surface area (Å²) in [6.45, 7) is 10.4. The molecular weight excluding hydrogens is 1230 g/mol. The topological polar surface area (TPSA) is 53.5 Å². The van der Waals surface area contributed by atoms with Crippen molar-refractivity contribution in [2.75, 3.05) is 0 Å². The molecule has 0 radical (unpaired) electrons. The van der Waals surface area contributed by atoms with Gasteiger partial charge in [0.1, 0.15) is 17.5 Å². The number of imidazole rings is 3. The molecule has 0 amide bonds. The molecule has 0 spiro atoms. The first-order chi connectivity index (χ1) is 49.8. The lowest BCUT2D eigenvalue weighted by Crippen LogP contribution is -1.97. The number of rotatable bonds is 8. The molecule has 21 rings (SSSR count). The lowest BCUT2D eigenvalue weighted by Gasteiger charge is -2.16. The van der Waals surface area contributed by atoms with Crippen LogP contribution in [0, 0.1) is 13.8 Å². The minimum absolute atomic E-state index is 0.938. The highest BCUT2D eigenvalue weighted by Crippen LogP contribution is 2.45. The number of aryl methyl sites for hydroxylation is 4. The average Bonchev–Trinajstić information content (AvgIpc) is 1.54. The largest absolute Gasteiger partial charge is 0.329 e. The van der Waals surface area contributed by atoms with Crippen LogP contribution in [0.5, 0.6) is 0 Å². The van der Waals surface area contributed by atoms with E-state index in [0.717, 1.165) is 63.9 Å². The van der Waals surface area contributed by atoms with Crippen LogP contribution >= 0.6 is 0 Å². The zero-order chi connectivity index (χ0) is 67.4. The van der Waals surface area contributed by atoms with E-state index < -0.39 is 0 Å². The maximum atomic E-state index is 5.21. The van der Waals surface area contributed by atoms with E-state index >= 15 is 0 Å². The van der Waals surface area contributed by atoms with Gasteiger partial charge in [-0.1, -0.05) is 267 Å². The monoisotopic (exact) mass is 1290 g/mol. The average molecular weight is 1290 g/mol. The van der Waals surface area contributed by atoms with E-state index in [1.54, 1.807) is 0 Å². The number of hydrogen-bond donors (Lipinski definition) is 0. The molecule has 0 N–H and O–H groups in total. The van der Waals surface area contributed by atoms with Gasteiger partial charge in [-0.3, -0.25) is 4.57 Å². The van der Waals surface area contributed by atoms with Gasteiger partial charge in [0.2, 0.25) is 0 Å². The first kappa shape index (κ1) is 59.5. The van der Waals surface area contributed by atoms with Gasteiger partial charge in [0.15, 0.2) is 0 Å². The van der Waals surface area contributed by atoms with E-state index in [1.165, 1.54) is 152 Å². The standard InChI is InChI=1S/C39H26N2.C30H22N2.C26H20N2/c1-2-12-30(13-3-1)39-40-37-26-31(36-19-9-15-28-11-5-7-17-34(28)36)22-25-38(37)41(39)32-23-20-29(21-24-32)35-18-8-14-27-10-4-6-16-33(27)35;1-3-32-18(2)31-27-17-20(13-16-28(27)32)21-14-15-26-24-10-5-8-19-7-4-9-23(29(19)24)25-12-6-11-22(21)30(25)26;1-3-28-16(2)27-23-15-20(11-14-24(23)28)21-12-9-19-8-7-17-5-4-6-18-10-13-22(21)26(19)25(17)18/h1-26H;4-17H,3H2,1-2H3;4-15H,3H2,1-2H3. The normalized spacial score (nSPS) is 11.8. The van der Waals surface area contributed by atoms with Crippen molar-refractivity contribution in [1.29, 1.82) is 0 Å². The van der Waals surface area contributed by atoms with Crippen LogP contribution in [0.3, 0.4) is 0 Å². The molecule has 18 aromatic carbocycles. The second kappa shape index (κ2) is 24.0. The van der Waals surface area contributed by atoms with E-state index in [0.29, 0.717) is 0 Å². The van der Waals surface area contributed by atoms with Crippen LogP contribution in [0.4, 0.5) is 0 Å². The third kappa shape index (κ3) is 9.80. The predicted octanol–water partition coefficient (Wildman–Crippen LogP) is 25.3. The van der Waals surface area contributed by atoms with Crippen LogP contribution in [-0.4, -0.2) is 28.7 Å². The summed E-state index contributed by atoms with van der Waals surface area (Å²) in [5, 5.41) is 23.6. The molecule has 0 aliphatic rings. The highest BCUT2D eigenvalue weighted by Gasteiger charge is 2.20. The van der Waals surface area contributed by atoms with Crippen LogP contribution in [0.2, 0.25) is 0 Å². The Labute approximate surface area is 584 Å². The molecule has 0 saturated carbocycles. The van der Waals surface area contributed by atoms with Gasteiger partial charge in [0.25, 0.3) is 0 Å². The van der Waals surface area contributed by atoms with Crippen molar-refractivity contribution in [3.05, 3.63) is 327 Å². The van der Waals surface area contributed by atoms with Crippen molar-refractivity contribution in [3.63, 3.8) is 0 Å². The fourth-order valence-corrected chi connectivity index (χ4v) is 16.6. The number of benzene rings is 18. The number of fused-ring (bicyclic) bond motifs is 7. The molecule has 0 saturated heterocycles. The van der Waals surface area contributed by atoms with Crippen LogP contribution in [-0.2, 0) is 13.1 Å². The smallest absolute Gasteiger partial charge is 0.145 e. The van der Waals surface area contributed by atoms with Crippen molar-refractivity contribution in [2.45, 2.75) is 40.8 Å². The highest BCUT2D eigenvalue weighted by atomic mass is 15.1. The maximum Gasteiger partial charge on any atom is 0.145 e. The second-order valence-corrected chi connectivity index (χ2v) is 26.7. The molecule has 21 aromatic rings. The highest BCUT2D eigenvalue weighted by molar-refractivity contribution is 6.34. The molecular formula is C95H68N6. The third-order valence-electron chi connectivity index (χ3n) is 21.2. The van der Waals surface area contributed by atoms with Crippen molar-refractivity contribution in [1.82, 2.24) is 28.7 Å². The van der Waals surface area contributed by atoms with Gasteiger partial charge in [0, 0.05) is 24.3 Å². The Hall–Kier alpha value is -12.8. The molecule has 6 nitrogen and oxygen atoms in total. The molecule has 3 aromatic heterocycles. The summed E-state index contributed by atoms with van der Waals surface area (Å²) in [6, 6.07) is 114. The fourth-order valence-electron chi connectivity index (χ4n) is 16.6. The second-order valence-electron chi connectivity index (χ2n) is 26.7. The Kier molecular flexibility index (Phi) is 14.2. The number of aromatic nitrogens is 6. The van der Waals surface area contributed by atoms with Gasteiger partial charge in [0.05, 0.1) is 33.1 Å². The van der Waals surface area contributed by atoms with E-state index in [9.17, 15) is 0 Å². The van der Waals surface area contributed by atoms with Gasteiger partial charge in [-0.25, -0.2) is 15.0 Å². The van der Waals surface area contributed by atoms with Crippen LogP contribution in [0.15, 0.2) is 315 Å². The maximum absolute atomic E-state index is 5.21. The molecule has 6 heteroatoms. The van der Waals surface area contributed by atoms with Crippen molar-refractivity contribution in [3.8, 4) is 61.6 Å². The lowest BCUT2D eigenvalue weighted by atomic mass is 9.87. The van der Waals surface area contributed by atoms with E-state index in [2.05, 4.69) is 351 Å². The molecule has 0 unspecified atom stereocenters. The minimum Gasteiger partial charge on any atom is -0.329 e. The van der Waals surface area contributed by atoms with Crippen molar-refractivity contribution in [2.24, 2.45) is 0 Å². The molecule has 0 aliphatic heterocycles. The summed E-state index contributed by atoms with van der Waals surface area (Å²) >= 11 is 0. The SMILES string of the molecule is CCn1c(C)nc2cc(-c3ccc4c5cccc6cccc(c7cccc3c74)c65)ccc21.CCn1c(C)nc2cc(-c3ccc4ccc5cccc6ccc3c4c56)ccc21.c1ccc(-c2nc3cc(-c4cccc5ccccc45)ccc3n2-c2ccc(-c3cccc4ccccc34)cc2)cc1. The van der Waals surface area contributed by atoms with Crippen LogP contribution in [0.1, 0.15) is 25.5 Å². The quantitative estimate of drug-likeness (QED) is 0.113. The molecule has 478 valence electrons. The Balaban J connectivity index is 0.000000107. The molecule has 101 heavy (non-hydrogen) atoms. The lowest BCUT2D eigenvalue weighted by molar-refractivity contribution is 0.753. The number of nitrogens with zero attached hydrogens (tertiary/aromatic N) is 6. The zero-order valence-corrected chi connectivity index (χ0v) is 56.6. The molecule has 0 atom stereocenters.